The average molecular weight is 324 g/mol. The second-order valence-corrected chi connectivity index (χ2v) is 10.6. The highest BCUT2D eigenvalue weighted by molar-refractivity contribution is 5.99. The molecule has 12 atom stereocenters. The molecule has 0 aromatic heterocycles. The lowest BCUT2D eigenvalue weighted by Crippen LogP contribution is -2.62. The topological polar surface area (TPSA) is 52.6 Å². The molecule has 124 valence electrons. The minimum Gasteiger partial charge on any atom is -0.458 e. The van der Waals surface area contributed by atoms with Crippen LogP contribution < -0.4 is 0 Å². The lowest BCUT2D eigenvalue weighted by Gasteiger charge is -2.51. The van der Waals surface area contributed by atoms with Crippen LogP contribution in [0.25, 0.3) is 0 Å². The molecule has 0 radical (unpaired) electrons. The SMILES string of the molecule is O=C1O[C@]23CCC[C@@H]2[C@H]2[C@H]4[C@H]5[C@H]6[C@@H]7CCC[C@]78OC(=O)[C@@]2([C@@H]58)[C@@]16[C@H]43. The van der Waals surface area contributed by atoms with Crippen LogP contribution in [0.1, 0.15) is 38.5 Å². The van der Waals surface area contributed by atoms with E-state index < -0.39 is 10.8 Å². The van der Waals surface area contributed by atoms with Crippen molar-refractivity contribution in [2.75, 3.05) is 0 Å². The van der Waals surface area contributed by atoms with Crippen molar-refractivity contribution in [3.63, 3.8) is 0 Å². The lowest BCUT2D eigenvalue weighted by molar-refractivity contribution is -0.166. The maximum Gasteiger partial charge on any atom is 0.314 e. The van der Waals surface area contributed by atoms with Gasteiger partial charge in [0.15, 0.2) is 0 Å². The third kappa shape index (κ3) is 0.579. The van der Waals surface area contributed by atoms with Crippen LogP contribution in [0.2, 0.25) is 0 Å². The Morgan fingerprint density at radius 2 is 1.21 bits per heavy atom. The second kappa shape index (κ2) is 2.59. The van der Waals surface area contributed by atoms with E-state index in [1.807, 2.05) is 0 Å². The Labute approximate surface area is 139 Å². The van der Waals surface area contributed by atoms with Crippen LogP contribution in [0.15, 0.2) is 0 Å². The quantitative estimate of drug-likeness (QED) is 0.639. The van der Waals surface area contributed by atoms with Crippen LogP contribution in [-0.4, -0.2) is 23.1 Å². The molecular weight excluding hydrogens is 304 g/mol. The highest BCUT2D eigenvalue weighted by Crippen LogP contribution is 3.02. The summed E-state index contributed by atoms with van der Waals surface area (Å²) in [6.45, 7) is 0. The number of rotatable bonds is 0. The highest BCUT2D eigenvalue weighted by Gasteiger charge is 3.09. The number of hydrogen-bond acceptors (Lipinski definition) is 4. The maximum atomic E-state index is 13.5. The number of esters is 2. The van der Waals surface area contributed by atoms with Crippen LogP contribution in [0.5, 0.6) is 0 Å². The first-order valence-corrected chi connectivity index (χ1v) is 10.1. The second-order valence-electron chi connectivity index (χ2n) is 10.6. The fraction of sp³-hybridized carbons (Fsp3) is 0.900. The first-order chi connectivity index (χ1) is 11.7. The molecule has 4 nitrogen and oxygen atoms in total. The van der Waals surface area contributed by atoms with E-state index in [0.29, 0.717) is 47.3 Å². The van der Waals surface area contributed by atoms with Crippen molar-refractivity contribution in [3.05, 3.63) is 0 Å². The van der Waals surface area contributed by atoms with Gasteiger partial charge in [-0.3, -0.25) is 9.59 Å². The largest absolute Gasteiger partial charge is 0.458 e. The third-order valence-electron chi connectivity index (χ3n) is 11.3. The standard InChI is InChI=1S/C20H20O4/c21-15-20-12-8-4-2-6-18(8)14-10(12)9-11(19(14,20)16(22)24-18)7-3-1-5-17(7,23-15)13(9)20/h7-14H,1-6H2/t7-,8+,9-,10+,11+,12-,13-,14+,17-,18+,19-,20+. The van der Waals surface area contributed by atoms with Crippen LogP contribution in [-0.2, 0) is 19.1 Å². The fourth-order valence-corrected chi connectivity index (χ4v) is 12.2. The zero-order valence-electron chi connectivity index (χ0n) is 13.5. The molecule has 8 saturated carbocycles. The first kappa shape index (κ1) is 11.5. The molecule has 2 saturated heterocycles. The molecule has 2 heterocycles. The predicted molar refractivity (Wildman–Crippen MR) is 78.1 cm³/mol. The molecular formula is C20H20O4. The summed E-state index contributed by atoms with van der Waals surface area (Å²) in [7, 11) is 0. The number of carbonyl (C=O) groups excluding carboxylic acids is 2. The Morgan fingerprint density at radius 1 is 0.750 bits per heavy atom. The van der Waals surface area contributed by atoms with Gasteiger partial charge in [-0.25, -0.2) is 0 Å². The number of ether oxygens (including phenoxy) is 2. The van der Waals surface area contributed by atoms with Gasteiger partial charge in [0.25, 0.3) is 0 Å². The van der Waals surface area contributed by atoms with Gasteiger partial charge in [-0.15, -0.1) is 0 Å². The van der Waals surface area contributed by atoms with E-state index in [9.17, 15) is 9.59 Å². The molecule has 10 aliphatic rings. The fourth-order valence-electron chi connectivity index (χ4n) is 12.2. The van der Waals surface area contributed by atoms with E-state index in [2.05, 4.69) is 0 Å². The molecule has 0 N–H and O–H groups in total. The normalized spacial score (nSPS) is 78.5. The van der Waals surface area contributed by atoms with Crippen molar-refractivity contribution >= 4 is 11.9 Å². The van der Waals surface area contributed by atoms with Crippen molar-refractivity contribution in [2.24, 2.45) is 58.2 Å². The van der Waals surface area contributed by atoms with E-state index in [-0.39, 0.29) is 23.1 Å². The Kier molecular flexibility index (Phi) is 1.25. The summed E-state index contributed by atoms with van der Waals surface area (Å²) < 4.78 is 12.6. The molecule has 4 heteroatoms. The highest BCUT2D eigenvalue weighted by atomic mass is 16.6. The predicted octanol–water partition coefficient (Wildman–Crippen LogP) is 1.92. The first-order valence-electron chi connectivity index (χ1n) is 10.1. The summed E-state index contributed by atoms with van der Waals surface area (Å²) in [4.78, 5) is 27.0. The molecule has 0 aromatic carbocycles. The lowest BCUT2D eigenvalue weighted by atomic mass is 9.45. The van der Waals surface area contributed by atoms with Crippen molar-refractivity contribution in [2.45, 2.75) is 49.7 Å². The Hall–Kier alpha value is -1.06. The molecule has 10 fully saturated rings. The third-order valence-corrected chi connectivity index (χ3v) is 11.3. The van der Waals surface area contributed by atoms with E-state index >= 15 is 0 Å². The minimum absolute atomic E-state index is 0.0405. The molecule has 10 rings (SSSR count). The summed E-state index contributed by atoms with van der Waals surface area (Å²) in [5, 5.41) is 0. The van der Waals surface area contributed by atoms with Gasteiger partial charge in [0.1, 0.15) is 11.2 Å². The Bertz CT molecular complexity index is 767. The van der Waals surface area contributed by atoms with E-state index in [4.69, 9.17) is 9.47 Å². The number of hydrogen-bond donors (Lipinski definition) is 0. The molecule has 8 bridgehead atoms. The number of carbonyl (C=O) groups is 2. The monoisotopic (exact) mass is 324 g/mol. The Morgan fingerprint density at radius 3 is 1.67 bits per heavy atom. The van der Waals surface area contributed by atoms with Crippen molar-refractivity contribution in [1.82, 2.24) is 0 Å². The zero-order valence-corrected chi connectivity index (χ0v) is 13.5. The zero-order chi connectivity index (χ0) is 15.4. The van der Waals surface area contributed by atoms with Gasteiger partial charge in [0.2, 0.25) is 0 Å². The summed E-state index contributed by atoms with van der Waals surface area (Å²) in [6.07, 6.45) is 6.80. The summed E-state index contributed by atoms with van der Waals surface area (Å²) >= 11 is 0. The maximum absolute atomic E-state index is 13.5. The van der Waals surface area contributed by atoms with Gasteiger partial charge < -0.3 is 9.47 Å². The van der Waals surface area contributed by atoms with Gasteiger partial charge in [-0.05, 0) is 62.2 Å². The van der Waals surface area contributed by atoms with Crippen LogP contribution in [0.3, 0.4) is 0 Å². The van der Waals surface area contributed by atoms with Gasteiger partial charge in [-0.1, -0.05) is 0 Å². The minimum atomic E-state index is -0.454. The van der Waals surface area contributed by atoms with Gasteiger partial charge in [-0.2, -0.15) is 0 Å². The summed E-state index contributed by atoms with van der Waals surface area (Å²) in [5.41, 5.74) is -1.25. The molecule has 24 heavy (non-hydrogen) atoms. The van der Waals surface area contributed by atoms with Crippen LogP contribution in [0.4, 0.5) is 0 Å². The molecule has 2 aliphatic heterocycles. The smallest absolute Gasteiger partial charge is 0.314 e. The molecule has 0 unspecified atom stereocenters. The van der Waals surface area contributed by atoms with Crippen molar-refractivity contribution in [1.29, 1.82) is 0 Å². The van der Waals surface area contributed by atoms with Crippen LogP contribution in [0, 0.1) is 58.2 Å². The summed E-state index contributed by atoms with van der Waals surface area (Å²) in [6, 6.07) is 0. The van der Waals surface area contributed by atoms with Gasteiger partial charge in [0.05, 0.1) is 10.8 Å². The molecule has 0 aromatic rings. The molecule has 8 aliphatic carbocycles. The van der Waals surface area contributed by atoms with E-state index in [1.54, 1.807) is 0 Å². The van der Waals surface area contributed by atoms with Crippen molar-refractivity contribution < 1.29 is 19.1 Å². The van der Waals surface area contributed by atoms with E-state index in [0.717, 1.165) is 25.7 Å². The van der Waals surface area contributed by atoms with Gasteiger partial charge >= 0.3 is 11.9 Å². The Balaban J connectivity index is 1.47. The summed E-state index contributed by atoms with van der Waals surface area (Å²) in [5.74, 6) is 3.77. The molecule has 0 amide bonds. The molecule has 4 spiro atoms. The average Bonchev–Trinajstić information content (AvgIpc) is 3.32. The van der Waals surface area contributed by atoms with E-state index in [1.165, 1.54) is 12.8 Å². The van der Waals surface area contributed by atoms with Crippen LogP contribution >= 0.6 is 0 Å². The van der Waals surface area contributed by atoms with Crippen molar-refractivity contribution in [3.8, 4) is 0 Å². The van der Waals surface area contributed by atoms with Gasteiger partial charge in [0, 0.05) is 23.7 Å².